The van der Waals surface area contributed by atoms with Gasteiger partial charge in [-0.1, -0.05) is 12.1 Å². The van der Waals surface area contributed by atoms with E-state index in [2.05, 4.69) is 20.3 Å². The number of nitrogens with zero attached hydrogens (tertiary/aromatic N) is 2. The summed E-state index contributed by atoms with van der Waals surface area (Å²) < 4.78 is 42.3. The Hall–Kier alpha value is -2.90. The summed E-state index contributed by atoms with van der Waals surface area (Å²) in [6, 6.07) is 12.4. The van der Waals surface area contributed by atoms with Gasteiger partial charge in [-0.3, -0.25) is 5.10 Å². The SMILES string of the molecule is FC(F)(F)Oc1ccccc1N1CCCC(Nc2ccc3cn[nH]c3c2)C1. The molecule has 27 heavy (non-hydrogen) atoms. The molecule has 0 spiro atoms. The highest BCUT2D eigenvalue weighted by Crippen LogP contribution is 2.34. The van der Waals surface area contributed by atoms with Gasteiger partial charge in [0.05, 0.1) is 17.4 Å². The number of rotatable bonds is 4. The van der Waals surface area contributed by atoms with Gasteiger partial charge in [0.2, 0.25) is 0 Å². The summed E-state index contributed by atoms with van der Waals surface area (Å²) >= 11 is 0. The fraction of sp³-hybridized carbons (Fsp3) is 0.316. The molecule has 1 saturated heterocycles. The van der Waals surface area contributed by atoms with Crippen LogP contribution in [0.25, 0.3) is 10.9 Å². The molecule has 5 nitrogen and oxygen atoms in total. The summed E-state index contributed by atoms with van der Waals surface area (Å²) in [5, 5.41) is 11.5. The molecule has 0 bridgehead atoms. The van der Waals surface area contributed by atoms with E-state index in [0.29, 0.717) is 18.8 Å². The molecule has 1 aromatic heterocycles. The summed E-state index contributed by atoms with van der Waals surface area (Å²) in [6.07, 6.45) is -1.12. The van der Waals surface area contributed by atoms with Crippen molar-refractivity contribution < 1.29 is 17.9 Å². The summed E-state index contributed by atoms with van der Waals surface area (Å²) in [4.78, 5) is 1.94. The van der Waals surface area contributed by atoms with E-state index in [4.69, 9.17) is 0 Å². The predicted molar refractivity (Wildman–Crippen MR) is 98.1 cm³/mol. The maximum atomic E-state index is 12.7. The summed E-state index contributed by atoms with van der Waals surface area (Å²) in [6.45, 7) is 1.29. The minimum absolute atomic E-state index is 0.123. The van der Waals surface area contributed by atoms with E-state index < -0.39 is 6.36 Å². The number of ether oxygens (including phenoxy) is 1. The average molecular weight is 376 g/mol. The van der Waals surface area contributed by atoms with Crippen LogP contribution in [0.4, 0.5) is 24.5 Å². The number of fused-ring (bicyclic) bond motifs is 1. The topological polar surface area (TPSA) is 53.2 Å². The molecule has 1 aliphatic rings. The van der Waals surface area contributed by atoms with Gasteiger partial charge in [-0.2, -0.15) is 5.10 Å². The molecule has 2 heterocycles. The van der Waals surface area contributed by atoms with Gasteiger partial charge in [0, 0.05) is 30.2 Å². The number of anilines is 2. The molecule has 8 heteroatoms. The van der Waals surface area contributed by atoms with Crippen LogP contribution in [-0.2, 0) is 0 Å². The Morgan fingerprint density at radius 1 is 1.19 bits per heavy atom. The Bertz CT molecular complexity index is 924. The summed E-state index contributed by atoms with van der Waals surface area (Å²) in [7, 11) is 0. The van der Waals surface area contributed by atoms with Crippen LogP contribution in [-0.4, -0.2) is 35.7 Å². The van der Waals surface area contributed by atoms with Gasteiger partial charge in [0.1, 0.15) is 0 Å². The molecule has 4 rings (SSSR count). The second kappa shape index (κ2) is 7.02. The van der Waals surface area contributed by atoms with Crippen molar-refractivity contribution in [3.63, 3.8) is 0 Å². The second-order valence-electron chi connectivity index (χ2n) is 6.62. The first-order valence-electron chi connectivity index (χ1n) is 8.77. The van der Waals surface area contributed by atoms with E-state index in [0.717, 1.165) is 29.4 Å². The minimum Gasteiger partial charge on any atom is -0.404 e. The fourth-order valence-electron chi connectivity index (χ4n) is 3.51. The standard InChI is InChI=1S/C19H19F3N4O/c20-19(21,22)27-18-6-2-1-5-17(18)26-9-3-4-15(12-26)24-14-8-7-13-11-23-25-16(13)10-14/h1-2,5-8,10-11,15,24H,3-4,9,12H2,(H,23,25). The molecule has 1 atom stereocenters. The quantitative estimate of drug-likeness (QED) is 0.702. The zero-order chi connectivity index (χ0) is 18.9. The molecular weight excluding hydrogens is 357 g/mol. The minimum atomic E-state index is -4.71. The first-order chi connectivity index (χ1) is 13.0. The second-order valence-corrected chi connectivity index (χ2v) is 6.62. The van der Waals surface area contributed by atoms with E-state index in [1.165, 1.54) is 6.07 Å². The van der Waals surface area contributed by atoms with Crippen LogP contribution < -0.4 is 15.0 Å². The van der Waals surface area contributed by atoms with Crippen LogP contribution in [0.15, 0.2) is 48.7 Å². The van der Waals surface area contributed by atoms with Gasteiger partial charge in [-0.15, -0.1) is 13.2 Å². The van der Waals surface area contributed by atoms with Crippen LogP contribution in [0.1, 0.15) is 12.8 Å². The van der Waals surface area contributed by atoms with Crippen molar-refractivity contribution >= 4 is 22.3 Å². The number of alkyl halides is 3. The zero-order valence-electron chi connectivity index (χ0n) is 14.5. The molecule has 2 aromatic carbocycles. The van der Waals surface area contributed by atoms with Gasteiger partial charge in [0.25, 0.3) is 0 Å². The largest absolute Gasteiger partial charge is 0.573 e. The maximum Gasteiger partial charge on any atom is 0.573 e. The third-order valence-corrected chi connectivity index (χ3v) is 4.67. The van der Waals surface area contributed by atoms with E-state index >= 15 is 0 Å². The highest BCUT2D eigenvalue weighted by Gasteiger charge is 2.33. The van der Waals surface area contributed by atoms with Crippen molar-refractivity contribution in [3.8, 4) is 5.75 Å². The van der Waals surface area contributed by atoms with Gasteiger partial charge in [-0.05, 0) is 43.2 Å². The lowest BCUT2D eigenvalue weighted by Gasteiger charge is -2.36. The predicted octanol–water partition coefficient (Wildman–Crippen LogP) is 4.54. The Morgan fingerprint density at radius 3 is 2.89 bits per heavy atom. The highest BCUT2D eigenvalue weighted by atomic mass is 19.4. The molecule has 0 aliphatic carbocycles. The van der Waals surface area contributed by atoms with Crippen LogP contribution in [0, 0.1) is 0 Å². The van der Waals surface area contributed by atoms with Gasteiger partial charge in [0.15, 0.2) is 5.75 Å². The number of para-hydroxylation sites is 2. The van der Waals surface area contributed by atoms with Gasteiger partial charge < -0.3 is 15.0 Å². The van der Waals surface area contributed by atoms with Crippen LogP contribution in [0.3, 0.4) is 0 Å². The number of aromatic nitrogens is 2. The van der Waals surface area contributed by atoms with Crippen molar-refractivity contribution in [3.05, 3.63) is 48.7 Å². The molecule has 1 aliphatic heterocycles. The van der Waals surface area contributed by atoms with Crippen molar-refractivity contribution in [2.24, 2.45) is 0 Å². The lowest BCUT2D eigenvalue weighted by molar-refractivity contribution is -0.274. The molecule has 1 fully saturated rings. The van der Waals surface area contributed by atoms with Gasteiger partial charge >= 0.3 is 6.36 Å². The molecule has 0 amide bonds. The Morgan fingerprint density at radius 2 is 2.04 bits per heavy atom. The third-order valence-electron chi connectivity index (χ3n) is 4.67. The molecule has 142 valence electrons. The number of halogens is 3. The maximum absolute atomic E-state index is 12.7. The summed E-state index contributed by atoms with van der Waals surface area (Å²) in [5.41, 5.74) is 2.36. The van der Waals surface area contributed by atoms with E-state index in [1.807, 2.05) is 23.1 Å². The van der Waals surface area contributed by atoms with Crippen molar-refractivity contribution in [2.45, 2.75) is 25.2 Å². The molecule has 2 N–H and O–H groups in total. The monoisotopic (exact) mass is 376 g/mol. The number of benzene rings is 2. The van der Waals surface area contributed by atoms with Gasteiger partial charge in [-0.25, -0.2) is 0 Å². The molecule has 0 saturated carbocycles. The fourth-order valence-corrected chi connectivity index (χ4v) is 3.51. The van der Waals surface area contributed by atoms with Crippen molar-refractivity contribution in [1.29, 1.82) is 0 Å². The summed E-state index contributed by atoms with van der Waals surface area (Å²) in [5.74, 6) is -0.162. The average Bonchev–Trinajstić information content (AvgIpc) is 3.09. The zero-order valence-corrected chi connectivity index (χ0v) is 14.5. The number of nitrogens with one attached hydrogen (secondary N) is 2. The van der Waals surface area contributed by atoms with E-state index in [9.17, 15) is 13.2 Å². The van der Waals surface area contributed by atoms with Crippen LogP contribution >= 0.6 is 0 Å². The molecular formula is C19H19F3N4O. The van der Waals surface area contributed by atoms with Crippen molar-refractivity contribution in [2.75, 3.05) is 23.3 Å². The molecule has 3 aromatic rings. The lowest BCUT2D eigenvalue weighted by Crippen LogP contribution is -2.42. The first kappa shape index (κ1) is 17.5. The van der Waals surface area contributed by atoms with Crippen LogP contribution in [0.5, 0.6) is 5.75 Å². The Kier molecular flexibility index (Phi) is 4.55. The van der Waals surface area contributed by atoms with Crippen molar-refractivity contribution in [1.82, 2.24) is 10.2 Å². The van der Waals surface area contributed by atoms with E-state index in [1.54, 1.807) is 24.4 Å². The third kappa shape index (κ3) is 4.10. The first-order valence-corrected chi connectivity index (χ1v) is 8.77. The number of aromatic amines is 1. The van der Waals surface area contributed by atoms with Crippen LogP contribution in [0.2, 0.25) is 0 Å². The Labute approximate surface area is 154 Å². The van der Waals surface area contributed by atoms with E-state index in [-0.39, 0.29) is 11.8 Å². The Balaban J connectivity index is 1.49. The number of piperidine rings is 1. The normalized spacial score (nSPS) is 17.9. The molecule has 0 radical (unpaired) electrons. The smallest absolute Gasteiger partial charge is 0.404 e. The highest BCUT2D eigenvalue weighted by molar-refractivity contribution is 5.81. The number of H-pyrrole nitrogens is 1. The molecule has 1 unspecified atom stereocenters. The number of hydrogen-bond donors (Lipinski definition) is 2. The number of hydrogen-bond acceptors (Lipinski definition) is 4. The lowest BCUT2D eigenvalue weighted by atomic mass is 10.0.